The van der Waals surface area contributed by atoms with Crippen LogP contribution < -0.4 is 4.74 Å². The van der Waals surface area contributed by atoms with Crippen molar-refractivity contribution in [2.45, 2.75) is 13.5 Å². The van der Waals surface area contributed by atoms with Crippen molar-refractivity contribution in [3.8, 4) is 5.75 Å². The van der Waals surface area contributed by atoms with Crippen molar-refractivity contribution in [1.82, 2.24) is 4.98 Å². The molecule has 0 aliphatic heterocycles. The number of hydrogen-bond donors (Lipinski definition) is 0. The molecule has 0 atom stereocenters. The summed E-state index contributed by atoms with van der Waals surface area (Å²) in [5.41, 5.74) is 4.24. The van der Waals surface area contributed by atoms with Crippen molar-refractivity contribution in [2.75, 3.05) is 0 Å². The molecule has 0 spiro atoms. The molecule has 114 valence electrons. The fourth-order valence-electron chi connectivity index (χ4n) is 2.29. The maximum absolute atomic E-state index is 5.85. The molecule has 0 amide bonds. The molecular formula is C21H19NO. The maximum atomic E-state index is 5.85. The zero-order chi connectivity index (χ0) is 15.9. The topological polar surface area (TPSA) is 22.1 Å². The predicted molar refractivity (Wildman–Crippen MR) is 95.1 cm³/mol. The summed E-state index contributed by atoms with van der Waals surface area (Å²) < 4.78 is 5.85. The zero-order valence-electron chi connectivity index (χ0n) is 13.1. The van der Waals surface area contributed by atoms with Gasteiger partial charge in [-0.15, -0.1) is 0 Å². The Morgan fingerprint density at radius 3 is 2.52 bits per heavy atom. The van der Waals surface area contributed by atoms with E-state index in [1.54, 1.807) is 0 Å². The SMILES string of the molecule is Cc1cccc(C=Cc2cccc(OCc3ccccc3)c2)n1. The second-order valence-electron chi connectivity index (χ2n) is 5.38. The third-order valence-corrected chi connectivity index (χ3v) is 3.46. The Labute approximate surface area is 137 Å². The molecule has 0 aliphatic carbocycles. The lowest BCUT2D eigenvalue weighted by Gasteiger charge is -2.07. The first-order valence-corrected chi connectivity index (χ1v) is 7.68. The van der Waals surface area contributed by atoms with Crippen LogP contribution in [0.3, 0.4) is 0 Å². The Balaban J connectivity index is 1.67. The molecule has 0 aliphatic rings. The van der Waals surface area contributed by atoms with Gasteiger partial charge in [0.15, 0.2) is 0 Å². The fourth-order valence-corrected chi connectivity index (χ4v) is 2.29. The van der Waals surface area contributed by atoms with Gasteiger partial charge in [-0.3, -0.25) is 4.98 Å². The van der Waals surface area contributed by atoms with E-state index in [0.717, 1.165) is 28.3 Å². The van der Waals surface area contributed by atoms with Gasteiger partial charge in [-0.05, 0) is 48.4 Å². The number of nitrogens with zero attached hydrogens (tertiary/aromatic N) is 1. The van der Waals surface area contributed by atoms with E-state index in [0.29, 0.717) is 6.61 Å². The van der Waals surface area contributed by atoms with Gasteiger partial charge >= 0.3 is 0 Å². The zero-order valence-corrected chi connectivity index (χ0v) is 13.1. The molecule has 3 aromatic rings. The van der Waals surface area contributed by atoms with Crippen LogP contribution in [-0.4, -0.2) is 4.98 Å². The van der Waals surface area contributed by atoms with Crippen LogP contribution >= 0.6 is 0 Å². The van der Waals surface area contributed by atoms with Crippen LogP contribution in [0, 0.1) is 6.92 Å². The lowest BCUT2D eigenvalue weighted by atomic mass is 10.2. The van der Waals surface area contributed by atoms with Gasteiger partial charge in [0, 0.05) is 5.69 Å². The fraction of sp³-hybridized carbons (Fsp3) is 0.0952. The quantitative estimate of drug-likeness (QED) is 0.651. The van der Waals surface area contributed by atoms with Gasteiger partial charge in [0.25, 0.3) is 0 Å². The molecule has 1 heterocycles. The van der Waals surface area contributed by atoms with Crippen molar-refractivity contribution in [3.05, 3.63) is 95.3 Å². The molecular weight excluding hydrogens is 282 g/mol. The second-order valence-corrected chi connectivity index (χ2v) is 5.38. The van der Waals surface area contributed by atoms with Crippen LogP contribution in [0.2, 0.25) is 0 Å². The number of aryl methyl sites for hydroxylation is 1. The second kappa shape index (κ2) is 7.41. The van der Waals surface area contributed by atoms with Crippen LogP contribution in [0.1, 0.15) is 22.5 Å². The third-order valence-electron chi connectivity index (χ3n) is 3.46. The maximum Gasteiger partial charge on any atom is 0.120 e. The summed E-state index contributed by atoms with van der Waals surface area (Å²) >= 11 is 0. The summed E-state index contributed by atoms with van der Waals surface area (Å²) in [7, 11) is 0. The average molecular weight is 301 g/mol. The lowest BCUT2D eigenvalue weighted by Crippen LogP contribution is -1.94. The Kier molecular flexibility index (Phi) is 4.85. The standard InChI is InChI=1S/C21H19NO/c1-17-7-5-11-20(22-17)14-13-18-10-6-12-21(15-18)23-16-19-8-3-2-4-9-19/h2-15H,16H2,1H3. The van der Waals surface area contributed by atoms with Gasteiger partial charge in [0.2, 0.25) is 0 Å². The van der Waals surface area contributed by atoms with E-state index < -0.39 is 0 Å². The third kappa shape index (κ3) is 4.55. The van der Waals surface area contributed by atoms with Crippen molar-refractivity contribution < 1.29 is 4.74 Å². The van der Waals surface area contributed by atoms with E-state index >= 15 is 0 Å². The number of hydrogen-bond acceptors (Lipinski definition) is 2. The van der Waals surface area contributed by atoms with E-state index in [2.05, 4.69) is 29.3 Å². The number of pyridine rings is 1. The van der Waals surface area contributed by atoms with E-state index in [1.165, 1.54) is 0 Å². The van der Waals surface area contributed by atoms with Gasteiger partial charge in [0.05, 0.1) is 5.69 Å². The first-order valence-electron chi connectivity index (χ1n) is 7.68. The molecule has 0 bridgehead atoms. The minimum absolute atomic E-state index is 0.577. The van der Waals surface area contributed by atoms with Crippen LogP contribution in [0.4, 0.5) is 0 Å². The minimum Gasteiger partial charge on any atom is -0.489 e. The highest BCUT2D eigenvalue weighted by molar-refractivity contribution is 5.68. The normalized spacial score (nSPS) is 10.8. The highest BCUT2D eigenvalue weighted by Crippen LogP contribution is 2.17. The number of aromatic nitrogens is 1. The number of ether oxygens (including phenoxy) is 1. The van der Waals surface area contributed by atoms with Crippen molar-refractivity contribution in [3.63, 3.8) is 0 Å². The Bertz CT molecular complexity index is 794. The number of rotatable bonds is 5. The highest BCUT2D eigenvalue weighted by Gasteiger charge is 1.97. The first kappa shape index (κ1) is 15.0. The van der Waals surface area contributed by atoms with E-state index in [4.69, 9.17) is 4.74 Å². The highest BCUT2D eigenvalue weighted by atomic mass is 16.5. The van der Waals surface area contributed by atoms with Crippen LogP contribution in [0.5, 0.6) is 5.75 Å². The molecule has 23 heavy (non-hydrogen) atoms. The van der Waals surface area contributed by atoms with Gasteiger partial charge in [-0.2, -0.15) is 0 Å². The Morgan fingerprint density at radius 1 is 0.870 bits per heavy atom. The molecule has 2 nitrogen and oxygen atoms in total. The van der Waals surface area contributed by atoms with Gasteiger partial charge < -0.3 is 4.74 Å². The van der Waals surface area contributed by atoms with Crippen molar-refractivity contribution in [2.24, 2.45) is 0 Å². The average Bonchev–Trinajstić information content (AvgIpc) is 2.60. The summed E-state index contributed by atoms with van der Waals surface area (Å²) in [5, 5.41) is 0. The molecule has 0 fully saturated rings. The van der Waals surface area contributed by atoms with Crippen LogP contribution in [0.15, 0.2) is 72.8 Å². The monoisotopic (exact) mass is 301 g/mol. The van der Waals surface area contributed by atoms with Gasteiger partial charge in [-0.1, -0.05) is 54.6 Å². The molecule has 0 unspecified atom stereocenters. The Morgan fingerprint density at radius 2 is 1.70 bits per heavy atom. The summed E-state index contributed by atoms with van der Waals surface area (Å²) in [6, 6.07) is 24.3. The molecule has 2 heteroatoms. The summed E-state index contributed by atoms with van der Waals surface area (Å²) in [6.45, 7) is 2.57. The van der Waals surface area contributed by atoms with Crippen LogP contribution in [-0.2, 0) is 6.61 Å². The molecule has 0 saturated heterocycles. The smallest absolute Gasteiger partial charge is 0.120 e. The molecule has 1 aromatic heterocycles. The van der Waals surface area contributed by atoms with Gasteiger partial charge in [0.1, 0.15) is 12.4 Å². The lowest BCUT2D eigenvalue weighted by molar-refractivity contribution is 0.306. The largest absolute Gasteiger partial charge is 0.489 e. The summed E-state index contributed by atoms with van der Waals surface area (Å²) in [6.07, 6.45) is 4.07. The minimum atomic E-state index is 0.577. The molecule has 0 radical (unpaired) electrons. The molecule has 0 saturated carbocycles. The van der Waals surface area contributed by atoms with Crippen molar-refractivity contribution >= 4 is 12.2 Å². The van der Waals surface area contributed by atoms with E-state index in [-0.39, 0.29) is 0 Å². The summed E-state index contributed by atoms with van der Waals surface area (Å²) in [4.78, 5) is 4.47. The predicted octanol–water partition coefficient (Wildman–Crippen LogP) is 5.14. The molecule has 0 N–H and O–H groups in total. The molecule has 2 aromatic carbocycles. The van der Waals surface area contributed by atoms with E-state index in [9.17, 15) is 0 Å². The van der Waals surface area contributed by atoms with Gasteiger partial charge in [-0.25, -0.2) is 0 Å². The molecule has 3 rings (SSSR count). The summed E-state index contributed by atoms with van der Waals surface area (Å²) in [5.74, 6) is 0.869. The van der Waals surface area contributed by atoms with E-state index in [1.807, 2.05) is 67.6 Å². The van der Waals surface area contributed by atoms with Crippen LogP contribution in [0.25, 0.3) is 12.2 Å². The van der Waals surface area contributed by atoms with Crippen molar-refractivity contribution in [1.29, 1.82) is 0 Å². The number of benzene rings is 2. The first-order chi connectivity index (χ1) is 11.3. The Hall–Kier alpha value is -2.87.